The summed E-state index contributed by atoms with van der Waals surface area (Å²) in [6.07, 6.45) is 5.29. The molecule has 0 spiro atoms. The Labute approximate surface area is 229 Å². The van der Waals surface area contributed by atoms with Crippen molar-refractivity contribution in [2.45, 2.75) is 33.1 Å². The van der Waals surface area contributed by atoms with Crippen molar-refractivity contribution in [1.82, 2.24) is 29.8 Å². The van der Waals surface area contributed by atoms with Gasteiger partial charge >= 0.3 is 0 Å². The molecule has 5 rings (SSSR count). The van der Waals surface area contributed by atoms with Crippen molar-refractivity contribution in [3.8, 4) is 28.4 Å². The van der Waals surface area contributed by atoms with Gasteiger partial charge in [0.2, 0.25) is 5.95 Å². The van der Waals surface area contributed by atoms with Gasteiger partial charge in [-0.25, -0.2) is 15.0 Å². The topological polar surface area (TPSA) is 91.8 Å². The Hall–Kier alpha value is -4.30. The lowest BCUT2D eigenvalue weighted by Gasteiger charge is -2.21. The number of aromatic nitrogens is 5. The summed E-state index contributed by atoms with van der Waals surface area (Å²) in [6.45, 7) is 10.1. The largest absolute Gasteiger partial charge is 0.491 e. The first-order chi connectivity index (χ1) is 18.7. The molecule has 0 saturated heterocycles. The van der Waals surface area contributed by atoms with Gasteiger partial charge in [-0.2, -0.15) is 0 Å². The summed E-state index contributed by atoms with van der Waals surface area (Å²) in [5.41, 5.74) is 7.68. The average molecular weight is 522 g/mol. The van der Waals surface area contributed by atoms with Crippen molar-refractivity contribution in [2.75, 3.05) is 32.6 Å². The molecule has 0 bridgehead atoms. The number of rotatable bonds is 8. The summed E-state index contributed by atoms with van der Waals surface area (Å²) in [5, 5.41) is 3.38. The molecular weight excluding hydrogens is 486 g/mol. The molecule has 0 saturated carbocycles. The minimum absolute atomic E-state index is 0.000951. The highest BCUT2D eigenvalue weighted by atomic mass is 16.5. The van der Waals surface area contributed by atoms with Crippen LogP contribution in [0.4, 0.5) is 11.6 Å². The van der Waals surface area contributed by atoms with Gasteiger partial charge in [0, 0.05) is 36.4 Å². The van der Waals surface area contributed by atoms with Crippen LogP contribution in [0.2, 0.25) is 0 Å². The molecule has 3 heterocycles. The van der Waals surface area contributed by atoms with Crippen LogP contribution >= 0.6 is 0 Å². The highest BCUT2D eigenvalue weighted by Gasteiger charge is 2.19. The fraction of sp³-hybridized carbons (Fsp3) is 0.290. The van der Waals surface area contributed by atoms with E-state index >= 15 is 0 Å². The number of H-pyrrole nitrogens is 1. The molecule has 3 aromatic heterocycles. The predicted molar refractivity (Wildman–Crippen MR) is 158 cm³/mol. The Kier molecular flexibility index (Phi) is 7.30. The second-order valence-corrected chi connectivity index (χ2v) is 11.0. The molecule has 8 heteroatoms. The van der Waals surface area contributed by atoms with Crippen molar-refractivity contribution in [3.05, 3.63) is 78.2 Å². The first-order valence-electron chi connectivity index (χ1n) is 13.1. The van der Waals surface area contributed by atoms with E-state index in [1.807, 2.05) is 38.4 Å². The highest BCUT2D eigenvalue weighted by Crippen LogP contribution is 2.35. The maximum atomic E-state index is 6.21. The molecule has 2 N–H and O–H groups in total. The molecule has 0 atom stereocenters. The number of benzene rings is 2. The van der Waals surface area contributed by atoms with E-state index in [9.17, 15) is 0 Å². The van der Waals surface area contributed by atoms with Crippen LogP contribution in [0.3, 0.4) is 0 Å². The number of hydrogen-bond acceptors (Lipinski definition) is 7. The number of nitrogens with one attached hydrogen (secondary N) is 2. The van der Waals surface area contributed by atoms with Crippen molar-refractivity contribution in [1.29, 1.82) is 0 Å². The molecule has 8 nitrogen and oxygen atoms in total. The molecule has 0 radical (unpaired) electrons. The number of aromatic amines is 1. The molecule has 200 valence electrons. The van der Waals surface area contributed by atoms with Gasteiger partial charge in [0.1, 0.15) is 18.2 Å². The van der Waals surface area contributed by atoms with E-state index in [4.69, 9.17) is 9.72 Å². The maximum Gasteiger partial charge on any atom is 0.227 e. The van der Waals surface area contributed by atoms with Gasteiger partial charge < -0.3 is 19.9 Å². The summed E-state index contributed by atoms with van der Waals surface area (Å²) in [4.78, 5) is 23.9. The standard InChI is InChI=1S/C31H35N7O/c1-20-16-26-27(18-25(20)37-30-33-13-11-24(36-30)21-8-7-12-32-19-21)35-29(34-26)23-17-22(31(2,3)4)9-10-28(23)39-15-14-38(5)6/h7-13,16-19H,14-15H2,1-6H3,(H,34,35)(H,33,36,37). The number of aryl methyl sites for hydroxylation is 1. The third-order valence-corrected chi connectivity index (χ3v) is 6.58. The van der Waals surface area contributed by atoms with E-state index in [1.54, 1.807) is 18.6 Å². The van der Waals surface area contributed by atoms with Crippen molar-refractivity contribution in [3.63, 3.8) is 0 Å². The van der Waals surface area contributed by atoms with Crippen LogP contribution in [0.1, 0.15) is 31.9 Å². The first kappa shape index (κ1) is 26.3. The van der Waals surface area contributed by atoms with Gasteiger partial charge in [-0.1, -0.05) is 26.8 Å². The quantitative estimate of drug-likeness (QED) is 0.245. The van der Waals surface area contributed by atoms with Crippen LogP contribution in [0.25, 0.3) is 33.7 Å². The number of imidazole rings is 1. The second kappa shape index (κ2) is 10.8. The van der Waals surface area contributed by atoms with E-state index < -0.39 is 0 Å². The minimum atomic E-state index is 0.000951. The number of ether oxygens (including phenoxy) is 1. The highest BCUT2D eigenvalue weighted by molar-refractivity contribution is 5.86. The van der Waals surface area contributed by atoms with Crippen molar-refractivity contribution in [2.24, 2.45) is 0 Å². The summed E-state index contributed by atoms with van der Waals surface area (Å²) in [6, 6.07) is 16.3. The van der Waals surface area contributed by atoms with Gasteiger partial charge in [-0.3, -0.25) is 4.98 Å². The maximum absolute atomic E-state index is 6.21. The van der Waals surface area contributed by atoms with Gasteiger partial charge in [-0.05, 0) is 80.0 Å². The minimum Gasteiger partial charge on any atom is -0.491 e. The Morgan fingerprint density at radius 2 is 1.85 bits per heavy atom. The Morgan fingerprint density at radius 1 is 1.00 bits per heavy atom. The van der Waals surface area contributed by atoms with E-state index in [-0.39, 0.29) is 5.41 Å². The van der Waals surface area contributed by atoms with Gasteiger partial charge in [0.15, 0.2) is 0 Å². The third kappa shape index (κ3) is 6.07. The lowest BCUT2D eigenvalue weighted by atomic mass is 9.86. The zero-order valence-electron chi connectivity index (χ0n) is 23.4. The zero-order chi connectivity index (χ0) is 27.6. The van der Waals surface area contributed by atoms with Crippen molar-refractivity contribution >= 4 is 22.7 Å². The van der Waals surface area contributed by atoms with Gasteiger partial charge in [-0.15, -0.1) is 0 Å². The molecule has 5 aromatic rings. The lowest BCUT2D eigenvalue weighted by molar-refractivity contribution is 0.262. The Bertz CT molecular complexity index is 1590. The number of nitrogens with zero attached hydrogens (tertiary/aromatic N) is 5. The predicted octanol–water partition coefficient (Wildman–Crippen LogP) is 6.37. The molecule has 0 amide bonds. The molecule has 0 unspecified atom stereocenters. The third-order valence-electron chi connectivity index (χ3n) is 6.58. The number of hydrogen-bond donors (Lipinski definition) is 2. The van der Waals surface area contributed by atoms with Gasteiger partial charge in [0.25, 0.3) is 0 Å². The summed E-state index contributed by atoms with van der Waals surface area (Å²) in [7, 11) is 4.08. The number of pyridine rings is 1. The molecule has 0 aliphatic carbocycles. The van der Waals surface area contributed by atoms with Crippen LogP contribution < -0.4 is 10.1 Å². The summed E-state index contributed by atoms with van der Waals surface area (Å²) >= 11 is 0. The van der Waals surface area contributed by atoms with E-state index in [1.165, 1.54) is 5.56 Å². The number of fused-ring (bicyclic) bond motifs is 1. The Morgan fingerprint density at radius 3 is 2.59 bits per heavy atom. The molecule has 0 aliphatic rings. The summed E-state index contributed by atoms with van der Waals surface area (Å²) < 4.78 is 6.21. The van der Waals surface area contributed by atoms with Gasteiger partial charge in [0.05, 0.1) is 22.3 Å². The first-order valence-corrected chi connectivity index (χ1v) is 13.1. The number of anilines is 2. The average Bonchev–Trinajstić information content (AvgIpc) is 3.31. The number of likely N-dealkylation sites (N-methyl/N-ethyl adjacent to an activating group) is 1. The van der Waals surface area contributed by atoms with Crippen LogP contribution in [0, 0.1) is 6.92 Å². The van der Waals surface area contributed by atoms with E-state index in [2.05, 4.69) is 82.1 Å². The fourth-order valence-corrected chi connectivity index (χ4v) is 4.29. The molecule has 0 fully saturated rings. The van der Waals surface area contributed by atoms with Crippen LogP contribution in [0.5, 0.6) is 5.75 Å². The van der Waals surface area contributed by atoms with Crippen LogP contribution in [0.15, 0.2) is 67.1 Å². The van der Waals surface area contributed by atoms with E-state index in [0.717, 1.165) is 57.2 Å². The second-order valence-electron chi connectivity index (χ2n) is 11.0. The smallest absolute Gasteiger partial charge is 0.227 e. The molecule has 0 aliphatic heterocycles. The molecule has 2 aromatic carbocycles. The molecular formula is C31H35N7O. The monoisotopic (exact) mass is 521 g/mol. The van der Waals surface area contributed by atoms with Crippen LogP contribution in [-0.4, -0.2) is 57.1 Å². The summed E-state index contributed by atoms with van der Waals surface area (Å²) in [5.74, 6) is 2.12. The fourth-order valence-electron chi connectivity index (χ4n) is 4.29. The normalized spacial score (nSPS) is 11.8. The zero-order valence-corrected chi connectivity index (χ0v) is 23.4. The lowest BCUT2D eigenvalue weighted by Crippen LogP contribution is -2.19. The Balaban J connectivity index is 1.48. The SMILES string of the molecule is Cc1cc2[nH]c(-c3cc(C(C)(C)C)ccc3OCCN(C)C)nc2cc1Nc1nccc(-c2cccnc2)n1. The van der Waals surface area contributed by atoms with Crippen LogP contribution in [-0.2, 0) is 5.41 Å². The van der Waals surface area contributed by atoms with E-state index in [0.29, 0.717) is 12.6 Å². The molecule has 39 heavy (non-hydrogen) atoms. The van der Waals surface area contributed by atoms with Crippen molar-refractivity contribution < 1.29 is 4.74 Å².